The van der Waals surface area contributed by atoms with E-state index in [1.165, 1.54) is 73.9 Å². The van der Waals surface area contributed by atoms with Gasteiger partial charge in [-0.3, -0.25) is 48.6 Å². The highest BCUT2D eigenvalue weighted by atomic mass is 79.9. The van der Waals surface area contributed by atoms with Crippen LogP contribution in [0.5, 0.6) is 0 Å². The van der Waals surface area contributed by atoms with E-state index in [1.807, 2.05) is 121 Å². The molecule has 9 aromatic carbocycles. The first-order valence-electron chi connectivity index (χ1n) is 38.8. The van der Waals surface area contributed by atoms with E-state index >= 15 is 0 Å². The van der Waals surface area contributed by atoms with Crippen LogP contribution in [0.1, 0.15) is 181 Å². The Morgan fingerprint density at radius 1 is 0.509 bits per heavy atom. The summed E-state index contributed by atoms with van der Waals surface area (Å²) in [4.78, 5) is 84.8. The minimum Gasteiger partial charge on any atom is -0.399 e. The summed E-state index contributed by atoms with van der Waals surface area (Å²) >= 11 is 3.42. The molecule has 0 radical (unpaired) electrons. The fourth-order valence-electron chi connectivity index (χ4n) is 15.0. The predicted molar refractivity (Wildman–Crippen MR) is 448 cm³/mol. The van der Waals surface area contributed by atoms with Gasteiger partial charge in [-0.15, -0.1) is 0 Å². The first-order valence-corrected chi connectivity index (χ1v) is 40.0. The van der Waals surface area contributed by atoms with E-state index in [4.69, 9.17) is 24.3 Å². The number of non-ortho nitro benzene ring substituents is 1. The van der Waals surface area contributed by atoms with Gasteiger partial charge in [0.05, 0.1) is 55.0 Å². The van der Waals surface area contributed by atoms with Crippen molar-refractivity contribution in [3.63, 3.8) is 0 Å². The number of para-hydroxylation sites is 4. The van der Waals surface area contributed by atoms with Crippen LogP contribution in [0.2, 0.25) is 0 Å². The molecule has 0 saturated carbocycles. The lowest BCUT2D eigenvalue weighted by molar-refractivity contribution is -0.384. The number of rotatable bonds is 16. The Kier molecular flexibility index (Phi) is 29.2. The molecule has 19 nitrogen and oxygen atoms in total. The highest BCUT2D eigenvalue weighted by Gasteiger charge is 2.52. The first-order chi connectivity index (χ1) is 54.4. The van der Waals surface area contributed by atoms with Crippen LogP contribution in [-0.2, 0) is 61.5 Å². The number of aryl methyl sites for hydroxylation is 3. The Balaban J connectivity index is 0.000000142. The molecule has 0 atom stereocenters. The third kappa shape index (κ3) is 19.5. The van der Waals surface area contributed by atoms with Crippen LogP contribution in [0.15, 0.2) is 186 Å². The fraction of sp³-hybridized carbons (Fsp3) is 0.337. The Hall–Kier alpha value is -9.61. The number of aromatic nitrogens is 2. The second kappa shape index (κ2) is 39.2. The van der Waals surface area contributed by atoms with E-state index in [0.29, 0.717) is 75.3 Å². The molecule has 584 valence electrons. The van der Waals surface area contributed by atoms with Crippen LogP contribution in [-0.4, -0.2) is 119 Å². The molecule has 0 unspecified atom stereocenters. The number of ketones is 5. The molecular weight excluding hydrogens is 1500 g/mol. The molecule has 17 rings (SSSR count). The minimum atomic E-state index is -1.06. The Labute approximate surface area is 664 Å². The number of carbonyl (C=O) groups is 5. The van der Waals surface area contributed by atoms with Crippen LogP contribution < -0.4 is 5.46 Å². The quantitative estimate of drug-likeness (QED) is 0.0409. The van der Waals surface area contributed by atoms with Crippen molar-refractivity contribution in [3.8, 4) is 11.1 Å². The molecule has 0 bridgehead atoms. The fourth-order valence-corrected chi connectivity index (χ4v) is 16.4. The van der Waals surface area contributed by atoms with Crippen LogP contribution in [0.3, 0.4) is 0 Å². The summed E-state index contributed by atoms with van der Waals surface area (Å²) in [5.41, 5.74) is 16.8. The minimum absolute atomic E-state index is 0.0789. The van der Waals surface area contributed by atoms with Gasteiger partial charge in [-0.1, -0.05) is 138 Å². The summed E-state index contributed by atoms with van der Waals surface area (Å²) in [5.74, 6) is 1.22. The second-order valence-corrected chi connectivity index (χ2v) is 30.6. The van der Waals surface area contributed by atoms with E-state index in [2.05, 4.69) is 86.8 Å². The van der Waals surface area contributed by atoms with Gasteiger partial charge in [0.1, 0.15) is 0 Å². The molecular formula is C89H97BBrFN5O14P. The van der Waals surface area contributed by atoms with Crippen molar-refractivity contribution in [1.29, 1.82) is 0 Å². The number of nitro groups is 2. The Bertz CT molecular complexity index is 5240. The summed E-state index contributed by atoms with van der Waals surface area (Å²) in [7, 11) is -0.228. The molecule has 2 aromatic heterocycles. The largest absolute Gasteiger partial charge is 0.495 e. The Morgan fingerprint density at radius 3 is 1.54 bits per heavy atom. The average Bonchev–Trinajstić information content (AvgIpc) is 1.59. The van der Waals surface area contributed by atoms with Crippen LogP contribution in [0, 0.1) is 20.2 Å². The van der Waals surface area contributed by atoms with Gasteiger partial charge in [0.2, 0.25) is 0 Å². The summed E-state index contributed by atoms with van der Waals surface area (Å²) < 4.78 is 46.6. The molecule has 112 heavy (non-hydrogen) atoms. The zero-order valence-electron chi connectivity index (χ0n) is 66.0. The molecule has 1 fully saturated rings. The zero-order chi connectivity index (χ0) is 81.1. The molecule has 1 aliphatic heterocycles. The van der Waals surface area contributed by atoms with Gasteiger partial charge < -0.3 is 37.3 Å². The van der Waals surface area contributed by atoms with E-state index in [0.717, 1.165) is 112 Å². The van der Waals surface area contributed by atoms with E-state index in [1.54, 1.807) is 48.5 Å². The van der Waals surface area contributed by atoms with Crippen molar-refractivity contribution in [2.24, 2.45) is 0 Å². The third-order valence-corrected chi connectivity index (χ3v) is 23.1. The number of Topliss-reactive ketones (excluding diaryl/α,β-unsaturated/α-hetero) is 5. The van der Waals surface area contributed by atoms with Gasteiger partial charge in [-0.2, -0.15) is 0 Å². The smallest absolute Gasteiger partial charge is 0.399 e. The average molecular weight is 1600 g/mol. The number of nitro benzene ring substituents is 2. The summed E-state index contributed by atoms with van der Waals surface area (Å²) in [5, 5.41) is 26.2. The number of nitrogens with one attached hydrogen (secondary N) is 1. The van der Waals surface area contributed by atoms with Crippen molar-refractivity contribution in [2.75, 3.05) is 47.1 Å². The van der Waals surface area contributed by atoms with Crippen molar-refractivity contribution in [3.05, 3.63) is 262 Å². The number of nitrogens with zero attached hydrogens (tertiary/aromatic N) is 4. The van der Waals surface area contributed by atoms with Crippen molar-refractivity contribution in [2.45, 2.75) is 150 Å². The number of carbonyl (C=O) groups excluding carboxylic acids is 5. The second-order valence-electron chi connectivity index (χ2n) is 28.5. The van der Waals surface area contributed by atoms with Gasteiger partial charge in [0.15, 0.2) is 28.9 Å². The van der Waals surface area contributed by atoms with Crippen molar-refractivity contribution < 1.29 is 62.5 Å². The van der Waals surface area contributed by atoms with Crippen molar-refractivity contribution in [1.82, 2.24) is 14.5 Å². The van der Waals surface area contributed by atoms with Crippen LogP contribution in [0.4, 0.5) is 15.8 Å². The number of fused-ring (bicyclic) bond motifs is 13. The molecule has 1 N–H and O–H groups in total. The monoisotopic (exact) mass is 1600 g/mol. The maximum atomic E-state index is 12.1. The molecule has 0 amide bonds. The number of benzene rings is 9. The maximum absolute atomic E-state index is 12.1. The molecule has 11 aromatic rings. The molecule has 23 heteroatoms. The Morgan fingerprint density at radius 2 is 0.973 bits per heavy atom. The molecule has 5 aliphatic carbocycles. The first kappa shape index (κ1) is 83.3. The van der Waals surface area contributed by atoms with Gasteiger partial charge in [-0.05, 0) is 201 Å². The topological polar surface area (TPSA) is 242 Å². The predicted octanol–water partition coefficient (Wildman–Crippen LogP) is 20.7. The lowest BCUT2D eigenvalue weighted by atomic mass is 9.75. The SMILES string of the molecule is CC1(C)OB(c2cccc3c2CCC3=O)OC1(C)C.CCCN(C)CCCn1c2ccccc2c2c3c(ccc21)C(=O)CC3.CCOP(OCC)OCC.O=C1CCc2c(Br)cccc21.O=C1CCc2c1ccc1[nH]c3ccccc3c21.O=C1CCc2c1cccc2-c1ccccc1[N+](=O)[O-].O=[N+]([O-])c1ccccc1.[2H]CF. The molecule has 1 saturated heterocycles. The van der Waals surface area contributed by atoms with Gasteiger partial charge in [0.25, 0.3) is 11.4 Å². The molecule has 3 heterocycles. The third-order valence-electron chi connectivity index (χ3n) is 20.9. The van der Waals surface area contributed by atoms with E-state index in [-0.39, 0.29) is 57.8 Å². The number of alkyl halides is 1. The lowest BCUT2D eigenvalue weighted by Gasteiger charge is -2.32. The number of H-pyrrole nitrogens is 1. The van der Waals surface area contributed by atoms with Gasteiger partial charge >= 0.3 is 15.7 Å². The lowest BCUT2D eigenvalue weighted by Crippen LogP contribution is -2.41. The summed E-state index contributed by atoms with van der Waals surface area (Å²) in [6, 6.07) is 56.8. The molecule has 6 aliphatic rings. The number of hydrogen-bond acceptors (Lipinski definition) is 15. The number of aromatic amines is 1. The molecule has 0 spiro atoms. The zero-order valence-corrected chi connectivity index (χ0v) is 67.5. The standard InChI is InChI=1S/C22H26N2O.C15H19BO3.C15H11NO3.C15H11NO.C9H7BrO.C6H5NO2.C6H15O3P.CH3F/c1-3-13-23(2)14-6-15-24-19-8-5-4-7-18(19)22-17-10-12-21(25)16(17)9-11-20(22)24;1-14(2)15(3,4)19-16(18-14)12-7-5-6-11-10(12)8-9-13(11)17;17-15-9-8-11-10(5-3-6-13(11)15)12-4-1-2-7-14(12)16(18)19;17-14-8-6-10-9(14)5-7-13-15(10)11-3-1-2-4-12(11)16-13;10-8-3-1-2-7-6(8)4-5-9(7)11;8-7(9)6-4-2-1-3-5-6;1-4-7-10(8-5-2)9-6-3;1-2/h4-5,7-9,11H,3,6,10,12-15H2,1-2H3;5-7H,8-9H2,1-4H3;1-7H,8-9H2;1-5,7,16H,6,8H2;1-3H,4-5H2;1-5H;4-6H2,1-3H3;1H3/i;;;;;;;1D. The van der Waals surface area contributed by atoms with Gasteiger partial charge in [0, 0.05) is 133 Å². The van der Waals surface area contributed by atoms with E-state index in [9.17, 15) is 48.6 Å². The van der Waals surface area contributed by atoms with E-state index < -0.39 is 20.7 Å². The number of halogens is 2. The summed E-state index contributed by atoms with van der Waals surface area (Å²) in [6.07, 6.45) is 9.57. The van der Waals surface area contributed by atoms with Crippen LogP contribution >= 0.6 is 24.5 Å². The normalized spacial score (nSPS) is 15.0. The highest BCUT2D eigenvalue weighted by molar-refractivity contribution is 9.10. The van der Waals surface area contributed by atoms with Gasteiger partial charge in [-0.25, -0.2) is 0 Å². The van der Waals surface area contributed by atoms with Crippen LogP contribution in [0.25, 0.3) is 54.7 Å². The van der Waals surface area contributed by atoms with Crippen molar-refractivity contribution >= 4 is 121 Å². The highest BCUT2D eigenvalue weighted by Crippen LogP contribution is 2.42. The maximum Gasteiger partial charge on any atom is 0.495 e. The summed E-state index contributed by atoms with van der Waals surface area (Å²) in [6.45, 7) is 21.4. The number of hydrogen-bond donors (Lipinski definition) is 1.